The Morgan fingerprint density at radius 1 is 1.39 bits per heavy atom. The van der Waals surface area contributed by atoms with Crippen molar-refractivity contribution in [2.75, 3.05) is 32.8 Å². The third kappa shape index (κ3) is 5.22. The average molecular weight is 258 g/mol. The molecule has 0 aromatic carbocycles. The summed E-state index contributed by atoms with van der Waals surface area (Å²) in [7, 11) is 0. The van der Waals surface area contributed by atoms with Crippen LogP contribution in [0.4, 0.5) is 0 Å². The second-order valence-corrected chi connectivity index (χ2v) is 6.00. The van der Waals surface area contributed by atoms with Crippen molar-refractivity contribution in [3.63, 3.8) is 0 Å². The molecule has 18 heavy (non-hydrogen) atoms. The monoisotopic (exact) mass is 258 g/mol. The number of piperidine rings is 1. The third-order valence-corrected chi connectivity index (χ3v) is 4.02. The number of hydrogen-bond acceptors (Lipinski definition) is 4. The second-order valence-electron chi connectivity index (χ2n) is 6.00. The standard InChI is InChI=1S/C14H30N2O2/c1-12(2)14(3,17)11-16-8-5-13(6-9-16)18-10-4-7-15/h12-13,17H,4-11,15H2,1-3H3. The highest BCUT2D eigenvalue weighted by Crippen LogP contribution is 2.21. The Morgan fingerprint density at radius 3 is 2.50 bits per heavy atom. The van der Waals surface area contributed by atoms with Crippen LogP contribution in [-0.2, 0) is 4.74 Å². The van der Waals surface area contributed by atoms with Crippen LogP contribution in [0.25, 0.3) is 0 Å². The zero-order valence-electron chi connectivity index (χ0n) is 12.2. The molecule has 4 nitrogen and oxygen atoms in total. The van der Waals surface area contributed by atoms with Gasteiger partial charge in [-0.1, -0.05) is 13.8 Å². The van der Waals surface area contributed by atoms with Gasteiger partial charge in [-0.25, -0.2) is 0 Å². The van der Waals surface area contributed by atoms with E-state index in [1.54, 1.807) is 0 Å². The fourth-order valence-corrected chi connectivity index (χ4v) is 2.20. The van der Waals surface area contributed by atoms with E-state index < -0.39 is 5.60 Å². The topological polar surface area (TPSA) is 58.7 Å². The molecular formula is C14H30N2O2. The van der Waals surface area contributed by atoms with Crippen molar-refractivity contribution >= 4 is 0 Å². The summed E-state index contributed by atoms with van der Waals surface area (Å²) in [5.74, 6) is 0.288. The molecule has 0 saturated carbocycles. The van der Waals surface area contributed by atoms with Crippen LogP contribution in [0, 0.1) is 5.92 Å². The molecule has 1 unspecified atom stereocenters. The first-order chi connectivity index (χ1) is 8.45. The summed E-state index contributed by atoms with van der Waals surface area (Å²) in [5.41, 5.74) is 4.86. The van der Waals surface area contributed by atoms with E-state index in [0.717, 1.165) is 45.5 Å². The van der Waals surface area contributed by atoms with Crippen molar-refractivity contribution in [3.8, 4) is 0 Å². The second kappa shape index (κ2) is 7.43. The number of likely N-dealkylation sites (tertiary alicyclic amines) is 1. The predicted octanol–water partition coefficient (Wildman–Crippen LogP) is 1.22. The maximum Gasteiger partial charge on any atom is 0.0768 e. The summed E-state index contributed by atoms with van der Waals surface area (Å²) in [5, 5.41) is 10.3. The molecule has 1 heterocycles. The maximum absolute atomic E-state index is 10.3. The molecule has 108 valence electrons. The molecule has 1 aliphatic heterocycles. The van der Waals surface area contributed by atoms with Crippen LogP contribution in [0.15, 0.2) is 0 Å². The minimum atomic E-state index is -0.590. The van der Waals surface area contributed by atoms with Crippen LogP contribution in [-0.4, -0.2) is 54.5 Å². The van der Waals surface area contributed by atoms with Crippen molar-refractivity contribution in [1.82, 2.24) is 4.90 Å². The van der Waals surface area contributed by atoms with Crippen LogP contribution in [0.2, 0.25) is 0 Å². The van der Waals surface area contributed by atoms with Gasteiger partial charge in [0.1, 0.15) is 0 Å². The molecule has 4 heteroatoms. The number of ether oxygens (including phenoxy) is 1. The molecule has 1 aliphatic rings. The van der Waals surface area contributed by atoms with Crippen LogP contribution >= 0.6 is 0 Å². The zero-order chi connectivity index (χ0) is 13.6. The van der Waals surface area contributed by atoms with Gasteiger partial charge in [-0.15, -0.1) is 0 Å². The van der Waals surface area contributed by atoms with Gasteiger partial charge in [0.25, 0.3) is 0 Å². The van der Waals surface area contributed by atoms with E-state index in [9.17, 15) is 5.11 Å². The molecule has 3 N–H and O–H groups in total. The number of aliphatic hydroxyl groups is 1. The van der Waals surface area contributed by atoms with E-state index in [0.29, 0.717) is 12.6 Å². The Balaban J connectivity index is 2.23. The van der Waals surface area contributed by atoms with Gasteiger partial charge in [0.05, 0.1) is 11.7 Å². The lowest BCUT2D eigenvalue weighted by Crippen LogP contribution is -2.48. The molecule has 1 saturated heterocycles. The van der Waals surface area contributed by atoms with Gasteiger partial charge in [-0.05, 0) is 38.6 Å². The van der Waals surface area contributed by atoms with Crippen molar-refractivity contribution in [2.24, 2.45) is 11.7 Å². The summed E-state index contributed by atoms with van der Waals surface area (Å²) in [6.45, 7) is 10.4. The third-order valence-electron chi connectivity index (χ3n) is 4.02. The molecule has 0 amide bonds. The highest BCUT2D eigenvalue weighted by molar-refractivity contribution is 4.83. The minimum Gasteiger partial charge on any atom is -0.389 e. The zero-order valence-corrected chi connectivity index (χ0v) is 12.2. The lowest BCUT2D eigenvalue weighted by Gasteiger charge is -2.38. The SMILES string of the molecule is CC(C)C(C)(O)CN1CCC(OCCCN)CC1. The van der Waals surface area contributed by atoms with Gasteiger partial charge >= 0.3 is 0 Å². The summed E-state index contributed by atoms with van der Waals surface area (Å²) in [4.78, 5) is 2.35. The summed E-state index contributed by atoms with van der Waals surface area (Å²) < 4.78 is 5.78. The summed E-state index contributed by atoms with van der Waals surface area (Å²) >= 11 is 0. The molecule has 1 fully saturated rings. The fourth-order valence-electron chi connectivity index (χ4n) is 2.20. The fraction of sp³-hybridized carbons (Fsp3) is 1.00. The molecule has 0 aromatic heterocycles. The first-order valence-corrected chi connectivity index (χ1v) is 7.22. The van der Waals surface area contributed by atoms with E-state index >= 15 is 0 Å². The largest absolute Gasteiger partial charge is 0.389 e. The highest BCUT2D eigenvalue weighted by Gasteiger charge is 2.29. The summed E-state index contributed by atoms with van der Waals surface area (Å²) in [6, 6.07) is 0. The van der Waals surface area contributed by atoms with E-state index in [1.165, 1.54) is 0 Å². The minimum absolute atomic E-state index is 0.288. The van der Waals surface area contributed by atoms with Gasteiger partial charge in [-0.2, -0.15) is 0 Å². The van der Waals surface area contributed by atoms with Crippen LogP contribution in [0.1, 0.15) is 40.0 Å². The Kier molecular flexibility index (Phi) is 6.57. The molecule has 0 aliphatic carbocycles. The van der Waals surface area contributed by atoms with E-state index in [-0.39, 0.29) is 5.92 Å². The number of nitrogens with zero attached hydrogens (tertiary/aromatic N) is 1. The van der Waals surface area contributed by atoms with Crippen LogP contribution in [0.3, 0.4) is 0 Å². The number of nitrogens with two attached hydrogens (primary N) is 1. The van der Waals surface area contributed by atoms with E-state index in [1.807, 2.05) is 6.92 Å². The normalized spacial score (nSPS) is 22.3. The number of β-amino-alcohol motifs (C(OH)–C–C–N with tert-alkyl or cyclic N) is 1. The lowest BCUT2D eigenvalue weighted by molar-refractivity contribution is -0.0438. The predicted molar refractivity (Wildman–Crippen MR) is 74.5 cm³/mol. The smallest absolute Gasteiger partial charge is 0.0768 e. The van der Waals surface area contributed by atoms with Crippen molar-refractivity contribution in [3.05, 3.63) is 0 Å². The number of rotatable bonds is 7. The molecule has 0 aromatic rings. The molecule has 0 bridgehead atoms. The molecular weight excluding hydrogens is 228 g/mol. The Morgan fingerprint density at radius 2 is 2.00 bits per heavy atom. The quantitative estimate of drug-likeness (QED) is 0.674. The maximum atomic E-state index is 10.3. The van der Waals surface area contributed by atoms with Gasteiger partial charge in [0.15, 0.2) is 0 Å². The average Bonchev–Trinajstić information content (AvgIpc) is 2.31. The Hall–Kier alpha value is -0.160. The first kappa shape index (κ1) is 15.9. The Labute approximate surface area is 111 Å². The van der Waals surface area contributed by atoms with Gasteiger partial charge < -0.3 is 20.5 Å². The molecule has 1 rings (SSSR count). The van der Waals surface area contributed by atoms with Crippen molar-refractivity contribution < 1.29 is 9.84 Å². The van der Waals surface area contributed by atoms with Gasteiger partial charge in [0.2, 0.25) is 0 Å². The van der Waals surface area contributed by atoms with Crippen LogP contribution < -0.4 is 5.73 Å². The first-order valence-electron chi connectivity index (χ1n) is 7.22. The number of hydrogen-bond donors (Lipinski definition) is 2. The highest BCUT2D eigenvalue weighted by atomic mass is 16.5. The van der Waals surface area contributed by atoms with E-state index in [4.69, 9.17) is 10.5 Å². The van der Waals surface area contributed by atoms with Gasteiger partial charge in [0, 0.05) is 26.2 Å². The van der Waals surface area contributed by atoms with Crippen LogP contribution in [0.5, 0.6) is 0 Å². The molecule has 1 atom stereocenters. The molecule has 0 radical (unpaired) electrons. The molecule has 0 spiro atoms. The Bertz CT molecular complexity index is 224. The lowest BCUT2D eigenvalue weighted by atomic mass is 9.91. The van der Waals surface area contributed by atoms with Crippen molar-refractivity contribution in [2.45, 2.75) is 51.7 Å². The van der Waals surface area contributed by atoms with Gasteiger partial charge in [-0.3, -0.25) is 0 Å². The van der Waals surface area contributed by atoms with E-state index in [2.05, 4.69) is 18.7 Å². The van der Waals surface area contributed by atoms with Crippen molar-refractivity contribution in [1.29, 1.82) is 0 Å². The summed E-state index contributed by atoms with van der Waals surface area (Å²) in [6.07, 6.45) is 3.47.